The van der Waals surface area contributed by atoms with E-state index in [-0.39, 0.29) is 22.6 Å². The number of halogens is 1. The van der Waals surface area contributed by atoms with Crippen LogP contribution in [0.25, 0.3) is 12.2 Å². The van der Waals surface area contributed by atoms with E-state index in [9.17, 15) is 19.8 Å². The van der Waals surface area contributed by atoms with Crippen molar-refractivity contribution in [2.24, 2.45) is 5.92 Å². The molecule has 5 heteroatoms. The number of aromatic carboxylic acids is 2. The lowest BCUT2D eigenvalue weighted by molar-refractivity contribution is 0.0695. The van der Waals surface area contributed by atoms with Crippen LogP contribution in [-0.2, 0) is 12.8 Å². The van der Waals surface area contributed by atoms with Crippen molar-refractivity contribution in [3.63, 3.8) is 0 Å². The van der Waals surface area contributed by atoms with Gasteiger partial charge in [0.05, 0.1) is 16.5 Å². The third-order valence-electron chi connectivity index (χ3n) is 6.58. The Bertz CT molecular complexity index is 1460. The van der Waals surface area contributed by atoms with Gasteiger partial charge in [-0.1, -0.05) is 54.6 Å². The number of carboxylic acid groups (broad SMARTS) is 2. The maximum atomic E-state index is 11.8. The van der Waals surface area contributed by atoms with Gasteiger partial charge in [0.1, 0.15) is 0 Å². The van der Waals surface area contributed by atoms with Crippen LogP contribution < -0.4 is 10.4 Å². The minimum atomic E-state index is -1.17. The number of rotatable bonds is 4. The Kier molecular flexibility index (Phi) is 5.10. The molecule has 2 N–H and O–H groups in total. The quantitative estimate of drug-likeness (QED) is 0.596. The van der Waals surface area contributed by atoms with Crippen molar-refractivity contribution in [2.75, 3.05) is 0 Å². The molecule has 0 bridgehead atoms. The summed E-state index contributed by atoms with van der Waals surface area (Å²) in [6, 6.07) is 16.9. The van der Waals surface area contributed by atoms with Gasteiger partial charge in [-0.25, -0.2) is 9.59 Å². The second kappa shape index (κ2) is 7.95. The molecule has 0 amide bonds. The third kappa shape index (κ3) is 3.32. The molecule has 0 heterocycles. The van der Waals surface area contributed by atoms with E-state index >= 15 is 0 Å². The molecular formula is C27H21ClO4. The van der Waals surface area contributed by atoms with E-state index in [1.54, 1.807) is 0 Å². The van der Waals surface area contributed by atoms with Crippen LogP contribution in [0.1, 0.15) is 49.2 Å². The molecule has 4 nitrogen and oxygen atoms in total. The van der Waals surface area contributed by atoms with Crippen LogP contribution in [0.5, 0.6) is 0 Å². The van der Waals surface area contributed by atoms with Crippen molar-refractivity contribution in [3.05, 3.63) is 103 Å². The van der Waals surface area contributed by atoms with E-state index in [0.29, 0.717) is 0 Å². The van der Waals surface area contributed by atoms with Crippen molar-refractivity contribution in [3.8, 4) is 0 Å². The van der Waals surface area contributed by atoms with Gasteiger partial charge in [0.25, 0.3) is 0 Å². The summed E-state index contributed by atoms with van der Waals surface area (Å²) >= 11 is 6.80. The number of fused-ring (bicyclic) bond motifs is 4. The maximum Gasteiger partial charge on any atom is 0.336 e. The highest BCUT2D eigenvalue weighted by atomic mass is 35.5. The van der Waals surface area contributed by atoms with Gasteiger partial charge in [-0.3, -0.25) is 0 Å². The van der Waals surface area contributed by atoms with Crippen LogP contribution in [0, 0.1) is 16.4 Å². The zero-order chi connectivity index (χ0) is 22.4. The first-order valence-corrected chi connectivity index (χ1v) is 11.0. The van der Waals surface area contributed by atoms with Gasteiger partial charge in [0, 0.05) is 0 Å². The van der Waals surface area contributed by atoms with Gasteiger partial charge in [-0.2, -0.15) is 0 Å². The Morgan fingerprint density at radius 3 is 2.28 bits per heavy atom. The molecule has 2 aliphatic rings. The summed E-state index contributed by atoms with van der Waals surface area (Å²) < 4.78 is 0. The topological polar surface area (TPSA) is 74.6 Å². The minimum absolute atomic E-state index is 0.0549. The van der Waals surface area contributed by atoms with Gasteiger partial charge in [0.2, 0.25) is 0 Å². The molecule has 3 aromatic carbocycles. The molecule has 160 valence electrons. The van der Waals surface area contributed by atoms with Gasteiger partial charge >= 0.3 is 11.9 Å². The summed E-state index contributed by atoms with van der Waals surface area (Å²) in [5, 5.41) is 23.4. The van der Waals surface area contributed by atoms with E-state index in [1.807, 2.05) is 0 Å². The van der Waals surface area contributed by atoms with E-state index in [1.165, 1.54) is 45.0 Å². The molecule has 0 aliphatic heterocycles. The highest BCUT2D eigenvalue weighted by Gasteiger charge is 2.30. The summed E-state index contributed by atoms with van der Waals surface area (Å²) in [6.45, 7) is 0. The Morgan fingerprint density at radius 2 is 1.56 bits per heavy atom. The number of benzene rings is 3. The van der Waals surface area contributed by atoms with Gasteiger partial charge < -0.3 is 10.2 Å². The fraction of sp³-hybridized carbons (Fsp3) is 0.185. The molecule has 2 atom stereocenters. The third-order valence-corrected chi connectivity index (χ3v) is 7.13. The van der Waals surface area contributed by atoms with Crippen LogP contribution in [0.4, 0.5) is 0 Å². The van der Waals surface area contributed by atoms with E-state index < -0.39 is 17.3 Å². The van der Waals surface area contributed by atoms with Crippen LogP contribution >= 0.6 is 11.6 Å². The van der Waals surface area contributed by atoms with Crippen LogP contribution in [0.3, 0.4) is 0 Å². The molecule has 0 saturated carbocycles. The first-order valence-electron chi connectivity index (χ1n) is 10.6. The summed E-state index contributed by atoms with van der Waals surface area (Å²) in [5.41, 5.74) is 2.71. The number of hydrogen-bond donors (Lipinski definition) is 2. The summed E-state index contributed by atoms with van der Waals surface area (Å²) in [5.74, 6) is -2.51. The second-order valence-electron chi connectivity index (χ2n) is 8.30. The zero-order valence-electron chi connectivity index (χ0n) is 17.2. The highest BCUT2D eigenvalue weighted by molar-refractivity contribution is 6.22. The fourth-order valence-corrected chi connectivity index (χ4v) is 5.52. The van der Waals surface area contributed by atoms with Crippen LogP contribution in [0.2, 0.25) is 0 Å². The molecule has 32 heavy (non-hydrogen) atoms. The average Bonchev–Trinajstić information content (AvgIpc) is 2.82. The Morgan fingerprint density at radius 1 is 0.844 bits per heavy atom. The van der Waals surface area contributed by atoms with Gasteiger partial charge in [-0.05, 0) is 74.9 Å². The lowest BCUT2D eigenvalue weighted by Gasteiger charge is -2.27. The SMILES string of the molecule is O=C(O)c1cccc(C(=O)O)c1C(Cl)C1C=c2ccc3c(c2CC1)CC=c1ccccc1=3. The summed E-state index contributed by atoms with van der Waals surface area (Å²) in [6.07, 6.45) is 6.77. The smallest absolute Gasteiger partial charge is 0.336 e. The molecule has 0 spiro atoms. The normalized spacial score (nSPS) is 17.1. The predicted octanol–water partition coefficient (Wildman–Crippen LogP) is 4.03. The van der Waals surface area contributed by atoms with Crippen molar-refractivity contribution in [1.82, 2.24) is 0 Å². The molecule has 2 unspecified atom stereocenters. The van der Waals surface area contributed by atoms with Crippen molar-refractivity contribution < 1.29 is 19.8 Å². The first kappa shape index (κ1) is 20.5. The monoisotopic (exact) mass is 444 g/mol. The Balaban J connectivity index is 1.64. The van der Waals surface area contributed by atoms with Crippen molar-refractivity contribution in [2.45, 2.75) is 24.6 Å². The number of alkyl halides is 1. The molecule has 2 aliphatic carbocycles. The first-order chi connectivity index (χ1) is 15.5. The van der Waals surface area contributed by atoms with Crippen LogP contribution in [-0.4, -0.2) is 22.2 Å². The zero-order valence-corrected chi connectivity index (χ0v) is 18.0. The van der Waals surface area contributed by atoms with E-state index in [4.69, 9.17) is 11.6 Å². The summed E-state index contributed by atoms with van der Waals surface area (Å²) in [7, 11) is 0. The molecule has 0 fully saturated rings. The van der Waals surface area contributed by atoms with Gasteiger partial charge in [-0.15, -0.1) is 11.6 Å². The summed E-state index contributed by atoms with van der Waals surface area (Å²) in [4.78, 5) is 23.6. The predicted molar refractivity (Wildman–Crippen MR) is 123 cm³/mol. The molecule has 0 aromatic heterocycles. The van der Waals surface area contributed by atoms with Crippen LogP contribution in [0.15, 0.2) is 54.6 Å². The molecule has 3 aromatic rings. The molecule has 0 saturated heterocycles. The van der Waals surface area contributed by atoms with Crippen molar-refractivity contribution >= 4 is 35.7 Å². The van der Waals surface area contributed by atoms with Gasteiger partial charge in [0.15, 0.2) is 0 Å². The maximum absolute atomic E-state index is 11.8. The molecule has 0 radical (unpaired) electrons. The minimum Gasteiger partial charge on any atom is -0.478 e. The molecular weight excluding hydrogens is 424 g/mol. The van der Waals surface area contributed by atoms with E-state index in [0.717, 1.165) is 24.5 Å². The number of hydrogen-bond acceptors (Lipinski definition) is 2. The highest BCUT2D eigenvalue weighted by Crippen LogP contribution is 2.39. The second-order valence-corrected chi connectivity index (χ2v) is 8.77. The largest absolute Gasteiger partial charge is 0.478 e. The Labute approximate surface area is 189 Å². The van der Waals surface area contributed by atoms with Crippen molar-refractivity contribution in [1.29, 1.82) is 0 Å². The fourth-order valence-electron chi connectivity index (χ4n) is 5.09. The number of carbonyl (C=O) groups is 2. The molecule has 5 rings (SSSR count). The van der Waals surface area contributed by atoms with E-state index in [2.05, 4.69) is 48.6 Å². The average molecular weight is 445 g/mol. The Hall–Kier alpha value is -3.37. The number of carboxylic acids is 2. The lowest BCUT2D eigenvalue weighted by atomic mass is 9.81. The lowest BCUT2D eigenvalue weighted by Crippen LogP contribution is -2.25. The standard InChI is InChI=1S/C27H21ClO4/c28-25(24-22(26(29)30)6-3-7-23(24)27(31)32)17-10-11-19-16(14-17)9-13-20-18-5-2-1-4-15(18)8-12-21(19)20/h1-9,13-14,17,25H,10-12H2,(H,29,30)(H,31,32).